The summed E-state index contributed by atoms with van der Waals surface area (Å²) in [6.45, 7) is 0. The largest absolute Gasteiger partial charge is 0.311 e. The molecule has 0 bridgehead atoms. The van der Waals surface area contributed by atoms with Gasteiger partial charge in [0.15, 0.2) is 0 Å². The van der Waals surface area contributed by atoms with E-state index in [-0.39, 0.29) is 0 Å². The second-order valence-corrected chi connectivity index (χ2v) is 17.8. The molecule has 0 saturated carbocycles. The molecule has 0 radical (unpaired) electrons. The monoisotopic (exact) mass is 879 g/mol. The SMILES string of the molecule is c1ccc(-c2ccc(N(c3ccc(-c4ccccc4)cc3)c3ccc(-c4ccc(-n5c6ccc(-c7ccccc7)cc6c6ccc(-n7c8ccccc8c8ccccc87)cc65)cc4)cc3)cc2)cc1. The van der Waals surface area contributed by atoms with Gasteiger partial charge in [-0.05, 0) is 129 Å². The fraction of sp³-hybridized carbons (Fsp3) is 0. The van der Waals surface area contributed by atoms with Crippen LogP contribution < -0.4 is 4.90 Å². The van der Waals surface area contributed by atoms with Gasteiger partial charge in [0.05, 0.1) is 22.1 Å². The summed E-state index contributed by atoms with van der Waals surface area (Å²) in [7, 11) is 0. The van der Waals surface area contributed by atoms with Gasteiger partial charge in [0.1, 0.15) is 0 Å². The molecule has 13 aromatic rings. The van der Waals surface area contributed by atoms with Crippen LogP contribution in [0.2, 0.25) is 0 Å². The lowest BCUT2D eigenvalue weighted by Gasteiger charge is -2.26. The van der Waals surface area contributed by atoms with Crippen molar-refractivity contribution in [1.29, 1.82) is 0 Å². The molecule has 0 N–H and O–H groups in total. The van der Waals surface area contributed by atoms with Crippen LogP contribution in [0.5, 0.6) is 0 Å². The second kappa shape index (κ2) is 16.9. The van der Waals surface area contributed by atoms with E-state index in [0.29, 0.717) is 0 Å². The molecule has 0 aliphatic carbocycles. The molecular weight excluding hydrogens is 835 g/mol. The fourth-order valence-corrected chi connectivity index (χ4v) is 10.4. The summed E-state index contributed by atoms with van der Waals surface area (Å²) in [5, 5.41) is 4.97. The Morgan fingerprint density at radius 3 is 1.01 bits per heavy atom. The summed E-state index contributed by atoms with van der Waals surface area (Å²) in [5.74, 6) is 0. The molecule has 0 aliphatic rings. The first-order valence-electron chi connectivity index (χ1n) is 23.7. The second-order valence-electron chi connectivity index (χ2n) is 17.8. The van der Waals surface area contributed by atoms with Crippen LogP contribution in [0, 0.1) is 0 Å². The highest BCUT2D eigenvalue weighted by atomic mass is 15.1. The first-order valence-corrected chi connectivity index (χ1v) is 23.7. The Bertz CT molecular complexity index is 3810. The van der Waals surface area contributed by atoms with E-state index >= 15 is 0 Å². The third-order valence-electron chi connectivity index (χ3n) is 13.7. The normalized spacial score (nSPS) is 11.5. The van der Waals surface area contributed by atoms with E-state index in [4.69, 9.17) is 0 Å². The summed E-state index contributed by atoms with van der Waals surface area (Å²) in [6, 6.07) is 99.0. The fourth-order valence-electron chi connectivity index (χ4n) is 10.4. The van der Waals surface area contributed by atoms with E-state index in [1.807, 2.05) is 0 Å². The molecule has 0 amide bonds. The van der Waals surface area contributed by atoms with Gasteiger partial charge in [-0.1, -0.05) is 188 Å². The number of hydrogen-bond donors (Lipinski definition) is 0. The molecule has 0 saturated heterocycles. The summed E-state index contributed by atoms with van der Waals surface area (Å²) in [4.78, 5) is 2.34. The Labute approximate surface area is 401 Å². The Kier molecular flexibility index (Phi) is 9.84. The van der Waals surface area contributed by atoms with Gasteiger partial charge in [0, 0.05) is 50.0 Å². The van der Waals surface area contributed by atoms with Crippen molar-refractivity contribution in [1.82, 2.24) is 9.13 Å². The van der Waals surface area contributed by atoms with E-state index in [1.54, 1.807) is 0 Å². The summed E-state index contributed by atoms with van der Waals surface area (Å²) >= 11 is 0. The number of hydrogen-bond acceptors (Lipinski definition) is 1. The van der Waals surface area contributed by atoms with Gasteiger partial charge >= 0.3 is 0 Å². The highest BCUT2D eigenvalue weighted by molar-refractivity contribution is 6.12. The zero-order chi connectivity index (χ0) is 45.7. The molecule has 324 valence electrons. The van der Waals surface area contributed by atoms with Crippen LogP contribution in [0.1, 0.15) is 0 Å². The van der Waals surface area contributed by atoms with Gasteiger partial charge in [-0.3, -0.25) is 0 Å². The number of benzene rings is 11. The molecule has 0 aliphatic heterocycles. The van der Waals surface area contributed by atoms with Gasteiger partial charge in [-0.15, -0.1) is 0 Å². The van der Waals surface area contributed by atoms with E-state index in [9.17, 15) is 0 Å². The molecular formula is C66H45N3. The average Bonchev–Trinajstić information content (AvgIpc) is 3.94. The van der Waals surface area contributed by atoms with Crippen LogP contribution in [0.15, 0.2) is 273 Å². The zero-order valence-electron chi connectivity index (χ0n) is 37.8. The quantitative estimate of drug-likeness (QED) is 0.141. The molecule has 2 aromatic heterocycles. The predicted octanol–water partition coefficient (Wildman–Crippen LogP) is 18.0. The van der Waals surface area contributed by atoms with Crippen molar-refractivity contribution < 1.29 is 0 Å². The van der Waals surface area contributed by atoms with E-state index in [1.165, 1.54) is 77.0 Å². The molecule has 3 heteroatoms. The molecule has 0 spiro atoms. The smallest absolute Gasteiger partial charge is 0.0561 e. The standard InChI is InChI=1S/C66H45N3/c1-4-14-46(15-5-1)49-24-33-54(34-25-49)67(55-35-26-50(27-36-55)47-16-6-2-7-17-47)56-37-28-51(29-38-56)52-30-39-57(40-31-52)68-65-43-32-53(48-18-8-3-9-19-48)44-62(65)61-42-41-58(45-66(61)68)69-63-22-12-10-20-59(63)60-21-11-13-23-64(60)69/h1-45H. The maximum absolute atomic E-state index is 2.44. The molecule has 3 nitrogen and oxygen atoms in total. The Balaban J connectivity index is 0.884. The lowest BCUT2D eigenvalue weighted by molar-refractivity contribution is 1.15. The number of anilines is 3. The maximum atomic E-state index is 2.44. The predicted molar refractivity (Wildman–Crippen MR) is 292 cm³/mol. The summed E-state index contributed by atoms with van der Waals surface area (Å²) in [5.41, 5.74) is 19.8. The van der Waals surface area contributed by atoms with Crippen LogP contribution in [0.4, 0.5) is 17.1 Å². The first kappa shape index (κ1) is 40.1. The van der Waals surface area contributed by atoms with Crippen LogP contribution in [0.25, 0.3) is 99.5 Å². The van der Waals surface area contributed by atoms with Crippen LogP contribution in [0.3, 0.4) is 0 Å². The van der Waals surface area contributed by atoms with Gasteiger partial charge in [0.25, 0.3) is 0 Å². The average molecular weight is 880 g/mol. The van der Waals surface area contributed by atoms with Crippen LogP contribution in [-0.2, 0) is 0 Å². The van der Waals surface area contributed by atoms with Gasteiger partial charge in [0.2, 0.25) is 0 Å². The highest BCUT2D eigenvalue weighted by Crippen LogP contribution is 2.41. The minimum atomic E-state index is 1.09. The molecule has 13 rings (SSSR count). The molecule has 11 aromatic carbocycles. The van der Waals surface area contributed by atoms with Gasteiger partial charge in [-0.2, -0.15) is 0 Å². The minimum Gasteiger partial charge on any atom is -0.311 e. The number of nitrogens with zero attached hydrogens (tertiary/aromatic N) is 3. The topological polar surface area (TPSA) is 13.1 Å². The molecule has 0 atom stereocenters. The van der Waals surface area contributed by atoms with Crippen molar-refractivity contribution in [3.8, 4) is 55.9 Å². The molecule has 0 fully saturated rings. The highest BCUT2D eigenvalue weighted by Gasteiger charge is 2.18. The number of rotatable bonds is 9. The minimum absolute atomic E-state index is 1.09. The zero-order valence-corrected chi connectivity index (χ0v) is 37.8. The van der Waals surface area contributed by atoms with E-state index in [2.05, 4.69) is 287 Å². The summed E-state index contributed by atoms with van der Waals surface area (Å²) < 4.78 is 4.85. The van der Waals surface area contributed by atoms with Crippen LogP contribution in [-0.4, -0.2) is 9.13 Å². The van der Waals surface area contributed by atoms with Crippen molar-refractivity contribution in [2.45, 2.75) is 0 Å². The van der Waals surface area contributed by atoms with Crippen molar-refractivity contribution in [2.24, 2.45) is 0 Å². The maximum Gasteiger partial charge on any atom is 0.0561 e. The van der Waals surface area contributed by atoms with Crippen molar-refractivity contribution in [3.05, 3.63) is 273 Å². The van der Waals surface area contributed by atoms with Crippen molar-refractivity contribution in [2.75, 3.05) is 4.90 Å². The van der Waals surface area contributed by atoms with E-state index < -0.39 is 0 Å². The van der Waals surface area contributed by atoms with Crippen molar-refractivity contribution in [3.63, 3.8) is 0 Å². The lowest BCUT2D eigenvalue weighted by atomic mass is 10.0. The van der Waals surface area contributed by atoms with Gasteiger partial charge in [-0.25, -0.2) is 0 Å². The van der Waals surface area contributed by atoms with Gasteiger partial charge < -0.3 is 14.0 Å². The molecule has 69 heavy (non-hydrogen) atoms. The molecule has 0 unspecified atom stereocenters. The Hall–Kier alpha value is -9.18. The number of fused-ring (bicyclic) bond motifs is 6. The van der Waals surface area contributed by atoms with Crippen LogP contribution >= 0.6 is 0 Å². The first-order chi connectivity index (χ1) is 34.2. The third-order valence-corrected chi connectivity index (χ3v) is 13.7. The number of aromatic nitrogens is 2. The number of para-hydroxylation sites is 2. The Morgan fingerprint density at radius 2 is 0.536 bits per heavy atom. The summed E-state index contributed by atoms with van der Waals surface area (Å²) in [6.07, 6.45) is 0. The van der Waals surface area contributed by atoms with E-state index in [0.717, 1.165) is 39.6 Å². The third kappa shape index (κ3) is 7.16. The Morgan fingerprint density at radius 1 is 0.203 bits per heavy atom. The molecule has 2 heterocycles. The van der Waals surface area contributed by atoms with Crippen molar-refractivity contribution >= 4 is 60.7 Å². The lowest BCUT2D eigenvalue weighted by Crippen LogP contribution is -2.09.